The van der Waals surface area contributed by atoms with Gasteiger partial charge in [-0.2, -0.15) is 0 Å². The topological polar surface area (TPSA) is 17.1 Å². The largest absolute Gasteiger partial charge is 0.287 e. The van der Waals surface area contributed by atoms with E-state index in [0.717, 1.165) is 16.7 Å². The quantitative estimate of drug-likeness (QED) is 0.814. The van der Waals surface area contributed by atoms with Crippen LogP contribution in [0.3, 0.4) is 0 Å². The molecule has 0 atom stereocenters. The van der Waals surface area contributed by atoms with Crippen molar-refractivity contribution in [2.45, 2.75) is 6.42 Å². The summed E-state index contributed by atoms with van der Waals surface area (Å²) < 4.78 is 0. The van der Waals surface area contributed by atoms with Crippen LogP contribution in [0.1, 0.15) is 5.56 Å². The Labute approximate surface area is 106 Å². The molecule has 2 aromatic carbocycles. The van der Waals surface area contributed by atoms with Crippen molar-refractivity contribution >= 4 is 16.9 Å². The minimum atomic E-state index is 0.202. The van der Waals surface area contributed by atoms with Crippen LogP contribution in [0.15, 0.2) is 54.6 Å². The standard InChI is InChI=1S/C15H14OS/c1-17-15(16)11-13-9-5-6-10-14(13)12-7-3-2-4-8-12/h2-10H,11H2,1H3. The highest BCUT2D eigenvalue weighted by atomic mass is 32.2. The number of rotatable bonds is 3. The maximum Gasteiger partial charge on any atom is 0.193 e. The van der Waals surface area contributed by atoms with Gasteiger partial charge in [-0.1, -0.05) is 66.4 Å². The summed E-state index contributed by atoms with van der Waals surface area (Å²) in [5.74, 6) is 0. The summed E-state index contributed by atoms with van der Waals surface area (Å²) in [5, 5.41) is 0.202. The van der Waals surface area contributed by atoms with E-state index >= 15 is 0 Å². The number of hydrogen-bond acceptors (Lipinski definition) is 2. The van der Waals surface area contributed by atoms with Crippen LogP contribution < -0.4 is 0 Å². The second kappa shape index (κ2) is 5.69. The minimum absolute atomic E-state index is 0.202. The third-order valence-corrected chi connectivity index (χ3v) is 3.26. The van der Waals surface area contributed by atoms with E-state index in [2.05, 4.69) is 18.2 Å². The molecular weight excluding hydrogens is 228 g/mol. The van der Waals surface area contributed by atoms with Gasteiger partial charge < -0.3 is 0 Å². The average molecular weight is 242 g/mol. The molecule has 2 heteroatoms. The first-order valence-electron chi connectivity index (χ1n) is 5.51. The Kier molecular flexibility index (Phi) is 3.99. The molecule has 86 valence electrons. The Hall–Kier alpha value is -1.54. The Bertz CT molecular complexity index is 505. The van der Waals surface area contributed by atoms with E-state index in [1.165, 1.54) is 11.8 Å². The van der Waals surface area contributed by atoms with Crippen molar-refractivity contribution in [2.75, 3.05) is 6.26 Å². The van der Waals surface area contributed by atoms with Gasteiger partial charge in [0.1, 0.15) is 0 Å². The molecule has 0 aliphatic heterocycles. The summed E-state index contributed by atoms with van der Waals surface area (Å²) in [5.41, 5.74) is 3.41. The molecule has 2 aromatic rings. The molecule has 0 heterocycles. The number of benzene rings is 2. The van der Waals surface area contributed by atoms with E-state index in [9.17, 15) is 4.79 Å². The van der Waals surface area contributed by atoms with Crippen molar-refractivity contribution in [3.8, 4) is 11.1 Å². The van der Waals surface area contributed by atoms with Crippen molar-refractivity contribution < 1.29 is 4.79 Å². The fraction of sp³-hybridized carbons (Fsp3) is 0.133. The highest BCUT2D eigenvalue weighted by Gasteiger charge is 2.07. The number of carbonyl (C=O) groups excluding carboxylic acids is 1. The fourth-order valence-electron chi connectivity index (χ4n) is 1.80. The molecule has 0 amide bonds. The second-order valence-corrected chi connectivity index (χ2v) is 4.64. The van der Waals surface area contributed by atoms with Gasteiger partial charge >= 0.3 is 0 Å². The zero-order valence-corrected chi connectivity index (χ0v) is 10.5. The van der Waals surface area contributed by atoms with E-state index in [4.69, 9.17) is 0 Å². The normalized spacial score (nSPS) is 10.2. The lowest BCUT2D eigenvalue weighted by molar-refractivity contribution is -0.110. The zero-order valence-electron chi connectivity index (χ0n) is 9.72. The third-order valence-electron chi connectivity index (χ3n) is 2.66. The molecule has 0 bridgehead atoms. The SMILES string of the molecule is CSC(=O)Cc1ccccc1-c1ccccc1. The van der Waals surface area contributed by atoms with Crippen LogP contribution in [-0.4, -0.2) is 11.4 Å². The van der Waals surface area contributed by atoms with Crippen LogP contribution in [0.5, 0.6) is 0 Å². The summed E-state index contributed by atoms with van der Waals surface area (Å²) in [7, 11) is 0. The lowest BCUT2D eigenvalue weighted by Gasteiger charge is -2.08. The van der Waals surface area contributed by atoms with E-state index in [-0.39, 0.29) is 5.12 Å². The summed E-state index contributed by atoms with van der Waals surface area (Å²) in [6.45, 7) is 0. The minimum Gasteiger partial charge on any atom is -0.287 e. The monoisotopic (exact) mass is 242 g/mol. The van der Waals surface area contributed by atoms with Crippen LogP contribution in [0.4, 0.5) is 0 Å². The van der Waals surface area contributed by atoms with Gasteiger partial charge in [0.2, 0.25) is 0 Å². The molecule has 2 rings (SSSR count). The highest BCUT2D eigenvalue weighted by molar-refractivity contribution is 8.13. The van der Waals surface area contributed by atoms with E-state index in [1.807, 2.05) is 42.7 Å². The molecular formula is C15H14OS. The van der Waals surface area contributed by atoms with Crippen molar-refractivity contribution in [1.29, 1.82) is 0 Å². The van der Waals surface area contributed by atoms with E-state index in [0.29, 0.717) is 6.42 Å². The molecule has 0 aliphatic carbocycles. The smallest absolute Gasteiger partial charge is 0.193 e. The Morgan fingerprint density at radius 1 is 1.00 bits per heavy atom. The molecule has 0 aromatic heterocycles. The number of carbonyl (C=O) groups is 1. The fourth-order valence-corrected chi connectivity index (χ4v) is 2.10. The van der Waals surface area contributed by atoms with Gasteiger partial charge in [0, 0.05) is 6.42 Å². The summed E-state index contributed by atoms with van der Waals surface area (Å²) >= 11 is 1.28. The predicted molar refractivity (Wildman–Crippen MR) is 74.1 cm³/mol. The van der Waals surface area contributed by atoms with Crippen molar-refractivity contribution in [3.05, 3.63) is 60.2 Å². The molecule has 0 saturated carbocycles. The van der Waals surface area contributed by atoms with Crippen molar-refractivity contribution in [1.82, 2.24) is 0 Å². The number of hydrogen-bond donors (Lipinski definition) is 0. The summed E-state index contributed by atoms with van der Waals surface area (Å²) in [6, 6.07) is 18.3. The van der Waals surface area contributed by atoms with Gasteiger partial charge in [0.05, 0.1) is 0 Å². The first-order chi connectivity index (χ1) is 8.31. The van der Waals surface area contributed by atoms with Gasteiger partial charge in [-0.25, -0.2) is 0 Å². The van der Waals surface area contributed by atoms with Gasteiger partial charge in [0.25, 0.3) is 0 Å². The van der Waals surface area contributed by atoms with Gasteiger partial charge in [-0.15, -0.1) is 0 Å². The van der Waals surface area contributed by atoms with Crippen molar-refractivity contribution in [2.24, 2.45) is 0 Å². The second-order valence-electron chi connectivity index (χ2n) is 3.78. The van der Waals surface area contributed by atoms with Crippen LogP contribution in [0, 0.1) is 0 Å². The Morgan fingerprint density at radius 2 is 1.65 bits per heavy atom. The lowest BCUT2D eigenvalue weighted by atomic mass is 9.98. The average Bonchev–Trinajstić information content (AvgIpc) is 2.40. The summed E-state index contributed by atoms with van der Waals surface area (Å²) in [4.78, 5) is 11.5. The Balaban J connectivity index is 2.38. The molecule has 0 spiro atoms. The molecule has 0 fully saturated rings. The molecule has 0 saturated heterocycles. The van der Waals surface area contributed by atoms with E-state index < -0.39 is 0 Å². The maximum atomic E-state index is 11.5. The first-order valence-corrected chi connectivity index (χ1v) is 6.74. The molecule has 0 aliphatic rings. The van der Waals surface area contributed by atoms with Gasteiger partial charge in [-0.3, -0.25) is 4.79 Å². The Morgan fingerprint density at radius 3 is 2.35 bits per heavy atom. The van der Waals surface area contributed by atoms with Crippen LogP contribution >= 0.6 is 11.8 Å². The lowest BCUT2D eigenvalue weighted by Crippen LogP contribution is -1.98. The molecule has 1 nitrogen and oxygen atoms in total. The van der Waals surface area contributed by atoms with Crippen molar-refractivity contribution in [3.63, 3.8) is 0 Å². The van der Waals surface area contributed by atoms with Crippen LogP contribution in [-0.2, 0) is 11.2 Å². The first kappa shape index (κ1) is 11.9. The predicted octanol–water partition coefficient (Wildman–Crippen LogP) is 3.79. The molecule has 0 unspecified atom stereocenters. The highest BCUT2D eigenvalue weighted by Crippen LogP contribution is 2.24. The summed E-state index contributed by atoms with van der Waals surface area (Å²) in [6.07, 6.45) is 2.32. The van der Waals surface area contributed by atoms with Crippen LogP contribution in [0.25, 0.3) is 11.1 Å². The zero-order chi connectivity index (χ0) is 12.1. The molecule has 0 radical (unpaired) electrons. The van der Waals surface area contributed by atoms with Gasteiger partial charge in [0.15, 0.2) is 5.12 Å². The van der Waals surface area contributed by atoms with Crippen LogP contribution in [0.2, 0.25) is 0 Å². The van der Waals surface area contributed by atoms with Gasteiger partial charge in [-0.05, 0) is 22.9 Å². The molecule has 0 N–H and O–H groups in total. The van der Waals surface area contributed by atoms with E-state index in [1.54, 1.807) is 0 Å². The third kappa shape index (κ3) is 2.98. The number of thioether (sulfide) groups is 1. The molecule has 17 heavy (non-hydrogen) atoms. The maximum absolute atomic E-state index is 11.5.